The smallest absolute Gasteiger partial charge is 0.119 e. The van der Waals surface area contributed by atoms with Gasteiger partial charge in [0.1, 0.15) is 5.75 Å². The zero-order valence-electron chi connectivity index (χ0n) is 13.9. The van der Waals surface area contributed by atoms with Crippen molar-refractivity contribution in [3.05, 3.63) is 29.8 Å². The summed E-state index contributed by atoms with van der Waals surface area (Å²) < 4.78 is 5.52. The number of nitrogens with zero attached hydrogens (tertiary/aromatic N) is 1. The van der Waals surface area contributed by atoms with Gasteiger partial charge in [-0.1, -0.05) is 19.1 Å². The van der Waals surface area contributed by atoms with Crippen LogP contribution in [-0.4, -0.2) is 37.7 Å². The van der Waals surface area contributed by atoms with E-state index in [2.05, 4.69) is 55.4 Å². The summed E-state index contributed by atoms with van der Waals surface area (Å²) in [5.74, 6) is 1.77. The van der Waals surface area contributed by atoms with Gasteiger partial charge in [0.05, 0.1) is 6.61 Å². The molecule has 0 saturated carbocycles. The first kappa shape index (κ1) is 16.3. The first-order valence-corrected chi connectivity index (χ1v) is 8.28. The second-order valence-electron chi connectivity index (χ2n) is 6.33. The minimum absolute atomic E-state index is 0.383. The van der Waals surface area contributed by atoms with E-state index in [9.17, 15) is 0 Å². The highest BCUT2D eigenvalue weighted by atomic mass is 16.5. The average Bonchev–Trinajstić information content (AvgIpc) is 2.49. The van der Waals surface area contributed by atoms with Gasteiger partial charge in [0.25, 0.3) is 0 Å². The van der Waals surface area contributed by atoms with Crippen LogP contribution in [0.1, 0.15) is 45.2 Å². The van der Waals surface area contributed by atoms with Gasteiger partial charge in [0.2, 0.25) is 0 Å². The lowest BCUT2D eigenvalue weighted by Crippen LogP contribution is -2.44. The minimum atomic E-state index is 0.383. The largest absolute Gasteiger partial charge is 0.494 e. The van der Waals surface area contributed by atoms with Crippen molar-refractivity contribution in [3.8, 4) is 5.75 Å². The zero-order valence-corrected chi connectivity index (χ0v) is 13.9. The van der Waals surface area contributed by atoms with Crippen LogP contribution in [0.2, 0.25) is 0 Å². The molecule has 0 aliphatic carbocycles. The Morgan fingerprint density at radius 3 is 2.57 bits per heavy atom. The summed E-state index contributed by atoms with van der Waals surface area (Å²) in [4.78, 5) is 2.63. The van der Waals surface area contributed by atoms with Gasteiger partial charge in [-0.3, -0.25) is 4.90 Å². The van der Waals surface area contributed by atoms with E-state index in [-0.39, 0.29) is 0 Å². The lowest BCUT2D eigenvalue weighted by molar-refractivity contribution is 0.113. The number of benzene rings is 1. The highest BCUT2D eigenvalue weighted by Crippen LogP contribution is 2.25. The summed E-state index contributed by atoms with van der Waals surface area (Å²) in [5.41, 5.74) is 1.34. The van der Waals surface area contributed by atoms with Crippen molar-refractivity contribution < 1.29 is 4.74 Å². The molecule has 1 saturated heterocycles. The van der Waals surface area contributed by atoms with Crippen molar-refractivity contribution in [1.29, 1.82) is 0 Å². The van der Waals surface area contributed by atoms with Crippen molar-refractivity contribution in [1.82, 2.24) is 10.2 Å². The van der Waals surface area contributed by atoms with E-state index in [4.69, 9.17) is 4.74 Å². The van der Waals surface area contributed by atoms with E-state index in [1.807, 2.05) is 6.92 Å². The van der Waals surface area contributed by atoms with E-state index >= 15 is 0 Å². The maximum absolute atomic E-state index is 5.52. The lowest BCUT2D eigenvalue weighted by atomic mass is 9.94. The fourth-order valence-corrected chi connectivity index (χ4v) is 3.20. The standard InChI is InChI=1S/C18H30N2O/c1-5-21-17-10-8-16(9-11-17)18(19-4)13-20-12-14(2)6-7-15(20)3/h8-11,14-15,18-19H,5-7,12-13H2,1-4H3. The monoisotopic (exact) mass is 290 g/mol. The fourth-order valence-electron chi connectivity index (χ4n) is 3.20. The molecule has 3 unspecified atom stereocenters. The summed E-state index contributed by atoms with van der Waals surface area (Å²) in [6.07, 6.45) is 2.69. The van der Waals surface area contributed by atoms with Crippen LogP contribution in [-0.2, 0) is 0 Å². The summed E-state index contributed by atoms with van der Waals surface area (Å²) in [7, 11) is 2.05. The Kier molecular flexibility index (Phi) is 6.07. The number of hydrogen-bond acceptors (Lipinski definition) is 3. The van der Waals surface area contributed by atoms with E-state index in [0.717, 1.165) is 24.8 Å². The van der Waals surface area contributed by atoms with Gasteiger partial charge < -0.3 is 10.1 Å². The van der Waals surface area contributed by atoms with Crippen LogP contribution in [0, 0.1) is 5.92 Å². The van der Waals surface area contributed by atoms with Crippen molar-refractivity contribution in [2.24, 2.45) is 5.92 Å². The molecule has 2 rings (SSSR count). The molecule has 3 nitrogen and oxygen atoms in total. The average molecular weight is 290 g/mol. The Bertz CT molecular complexity index is 418. The summed E-state index contributed by atoms with van der Waals surface area (Å²) >= 11 is 0. The van der Waals surface area contributed by atoms with Crippen LogP contribution in [0.25, 0.3) is 0 Å². The predicted octanol–water partition coefficient (Wildman–Crippen LogP) is 3.47. The molecule has 0 amide bonds. The normalized spacial score (nSPS) is 24.8. The number of ether oxygens (including phenoxy) is 1. The molecule has 1 aliphatic rings. The Labute approximate surface area is 129 Å². The highest BCUT2D eigenvalue weighted by Gasteiger charge is 2.25. The Morgan fingerprint density at radius 2 is 1.95 bits per heavy atom. The predicted molar refractivity (Wildman–Crippen MR) is 88.8 cm³/mol. The molecule has 1 aromatic carbocycles. The molecule has 0 aromatic heterocycles. The van der Waals surface area contributed by atoms with Crippen LogP contribution < -0.4 is 10.1 Å². The minimum Gasteiger partial charge on any atom is -0.494 e. The third-order valence-corrected chi connectivity index (χ3v) is 4.61. The molecule has 3 atom stereocenters. The van der Waals surface area contributed by atoms with Crippen molar-refractivity contribution in [3.63, 3.8) is 0 Å². The lowest BCUT2D eigenvalue weighted by Gasteiger charge is -2.38. The number of rotatable bonds is 6. The molecule has 1 aliphatic heterocycles. The molecule has 3 heteroatoms. The van der Waals surface area contributed by atoms with E-state index < -0.39 is 0 Å². The third kappa shape index (κ3) is 4.45. The third-order valence-electron chi connectivity index (χ3n) is 4.61. The van der Waals surface area contributed by atoms with Crippen molar-refractivity contribution in [2.45, 2.75) is 45.7 Å². The second kappa shape index (κ2) is 7.81. The van der Waals surface area contributed by atoms with Crippen LogP contribution >= 0.6 is 0 Å². The van der Waals surface area contributed by atoms with Gasteiger partial charge in [0, 0.05) is 25.2 Å². The summed E-state index contributed by atoms with van der Waals surface area (Å²) in [6.45, 7) is 9.76. The summed E-state index contributed by atoms with van der Waals surface area (Å²) in [5, 5.41) is 3.47. The molecule has 0 radical (unpaired) electrons. The van der Waals surface area contributed by atoms with Crippen LogP contribution in [0.3, 0.4) is 0 Å². The molecule has 1 N–H and O–H groups in total. The topological polar surface area (TPSA) is 24.5 Å². The van der Waals surface area contributed by atoms with Crippen molar-refractivity contribution in [2.75, 3.05) is 26.7 Å². The second-order valence-corrected chi connectivity index (χ2v) is 6.33. The molecule has 0 spiro atoms. The first-order valence-electron chi connectivity index (χ1n) is 8.28. The van der Waals surface area contributed by atoms with Gasteiger partial charge in [-0.25, -0.2) is 0 Å². The Morgan fingerprint density at radius 1 is 1.24 bits per heavy atom. The highest BCUT2D eigenvalue weighted by molar-refractivity contribution is 5.29. The fraction of sp³-hybridized carbons (Fsp3) is 0.667. The quantitative estimate of drug-likeness (QED) is 0.868. The maximum atomic E-state index is 5.52. The molecule has 1 aromatic rings. The summed E-state index contributed by atoms with van der Waals surface area (Å²) in [6, 6.07) is 9.60. The van der Waals surface area contributed by atoms with Crippen LogP contribution in [0.4, 0.5) is 0 Å². The molecular weight excluding hydrogens is 260 g/mol. The van der Waals surface area contributed by atoms with E-state index in [1.54, 1.807) is 0 Å². The Hall–Kier alpha value is -1.06. The van der Waals surface area contributed by atoms with Gasteiger partial charge in [0.15, 0.2) is 0 Å². The number of piperidine rings is 1. The van der Waals surface area contributed by atoms with Crippen LogP contribution in [0.5, 0.6) is 5.75 Å². The van der Waals surface area contributed by atoms with E-state index in [1.165, 1.54) is 24.9 Å². The number of nitrogens with one attached hydrogen (secondary N) is 1. The van der Waals surface area contributed by atoms with Crippen LogP contribution in [0.15, 0.2) is 24.3 Å². The molecule has 21 heavy (non-hydrogen) atoms. The van der Waals surface area contributed by atoms with Gasteiger partial charge in [-0.15, -0.1) is 0 Å². The van der Waals surface area contributed by atoms with Gasteiger partial charge in [-0.05, 0) is 57.4 Å². The molecular formula is C18H30N2O. The van der Waals surface area contributed by atoms with Crippen molar-refractivity contribution >= 4 is 0 Å². The SMILES string of the molecule is CCOc1ccc(C(CN2CC(C)CCC2C)NC)cc1. The molecule has 118 valence electrons. The number of likely N-dealkylation sites (N-methyl/N-ethyl adjacent to an activating group) is 1. The molecule has 1 fully saturated rings. The van der Waals surface area contributed by atoms with E-state index in [0.29, 0.717) is 12.1 Å². The Balaban J connectivity index is 2.01. The molecule has 0 bridgehead atoms. The molecule has 1 heterocycles. The van der Waals surface area contributed by atoms with Gasteiger partial charge in [-0.2, -0.15) is 0 Å². The van der Waals surface area contributed by atoms with Gasteiger partial charge >= 0.3 is 0 Å². The number of likely N-dealkylation sites (tertiary alicyclic amines) is 1. The maximum Gasteiger partial charge on any atom is 0.119 e. The first-order chi connectivity index (χ1) is 10.1. The zero-order chi connectivity index (χ0) is 15.2. The number of hydrogen-bond donors (Lipinski definition) is 1.